The number of rotatable bonds is 9. The van der Waals surface area contributed by atoms with Gasteiger partial charge in [0.05, 0.1) is 19.7 Å². The highest BCUT2D eigenvalue weighted by Gasteiger charge is 2.12. The van der Waals surface area contributed by atoms with E-state index in [0.29, 0.717) is 16.6 Å². The zero-order valence-electron chi connectivity index (χ0n) is 17.4. The molecule has 1 N–H and O–H groups in total. The summed E-state index contributed by atoms with van der Waals surface area (Å²) in [5, 5.41) is 12.6. The van der Waals surface area contributed by atoms with Gasteiger partial charge in [-0.3, -0.25) is 9.78 Å². The number of anilines is 1. The Labute approximate surface area is 188 Å². The number of hydrogen-bond donors (Lipinski definition) is 1. The molecule has 2 heterocycles. The number of para-hydroxylation sites is 1. The number of pyridine rings is 1. The molecule has 7 nitrogen and oxygen atoms in total. The van der Waals surface area contributed by atoms with E-state index in [1.807, 2.05) is 37.3 Å². The fourth-order valence-electron chi connectivity index (χ4n) is 2.64. The number of carbonyl (C=O) groups is 1. The molecule has 160 valence electrons. The smallest absolute Gasteiger partial charge is 0.230 e. The number of allylic oxidation sites excluding steroid dienone is 2. The molecule has 3 rings (SSSR count). The first-order chi connectivity index (χ1) is 15.0. The van der Waals surface area contributed by atoms with Crippen molar-refractivity contribution in [3.63, 3.8) is 0 Å². The molecule has 31 heavy (non-hydrogen) atoms. The first-order valence-corrected chi connectivity index (χ1v) is 10.9. The number of hydrogen-bond acceptors (Lipinski definition) is 8. The first-order valence-electron chi connectivity index (χ1n) is 9.29. The van der Waals surface area contributed by atoms with Crippen LogP contribution in [0.1, 0.15) is 13.3 Å². The Hall–Kier alpha value is -3.17. The Balaban J connectivity index is 1.62. The lowest BCUT2D eigenvalue weighted by molar-refractivity contribution is -0.115. The van der Waals surface area contributed by atoms with E-state index in [9.17, 15) is 4.79 Å². The van der Waals surface area contributed by atoms with E-state index in [-0.39, 0.29) is 12.3 Å². The number of methoxy groups -OCH3 is 2. The van der Waals surface area contributed by atoms with Gasteiger partial charge in [0, 0.05) is 29.0 Å². The third kappa shape index (κ3) is 6.40. The molecule has 0 atom stereocenters. The Morgan fingerprint density at radius 2 is 2.00 bits per heavy atom. The number of fused-ring (bicyclic) bond motifs is 1. The minimum atomic E-state index is -0.183. The van der Waals surface area contributed by atoms with Crippen LogP contribution >= 0.6 is 23.1 Å². The fraction of sp³-hybridized carbons (Fsp3) is 0.182. The van der Waals surface area contributed by atoms with Gasteiger partial charge in [-0.25, -0.2) is 0 Å². The second kappa shape index (κ2) is 10.7. The molecule has 0 saturated heterocycles. The maximum Gasteiger partial charge on any atom is 0.230 e. The van der Waals surface area contributed by atoms with Crippen LogP contribution in [-0.4, -0.2) is 35.3 Å². The summed E-state index contributed by atoms with van der Waals surface area (Å²) in [5.41, 5.74) is 1.74. The van der Waals surface area contributed by atoms with Crippen molar-refractivity contribution < 1.29 is 14.3 Å². The van der Waals surface area contributed by atoms with Crippen LogP contribution in [0.3, 0.4) is 0 Å². The van der Waals surface area contributed by atoms with Crippen LogP contribution in [0.5, 0.6) is 0 Å². The topological polar surface area (TPSA) is 86.2 Å². The van der Waals surface area contributed by atoms with Crippen LogP contribution in [0.25, 0.3) is 10.9 Å². The van der Waals surface area contributed by atoms with Gasteiger partial charge in [0.15, 0.2) is 4.34 Å². The Morgan fingerprint density at radius 3 is 2.77 bits per heavy atom. The molecule has 0 radical (unpaired) electrons. The SMILES string of the molecule is C=C(/C=C(\C=C(/C)CC(=O)Nc1nnc(Sc2ccnc3ccccc23)s1)OC)OC. The highest BCUT2D eigenvalue weighted by atomic mass is 32.2. The zero-order valence-corrected chi connectivity index (χ0v) is 19.0. The molecule has 0 aliphatic carbocycles. The number of aromatic nitrogens is 3. The van der Waals surface area contributed by atoms with E-state index < -0.39 is 0 Å². The minimum absolute atomic E-state index is 0.183. The van der Waals surface area contributed by atoms with Crippen molar-refractivity contribution in [2.75, 3.05) is 19.5 Å². The van der Waals surface area contributed by atoms with E-state index >= 15 is 0 Å². The Kier molecular flexibility index (Phi) is 7.80. The summed E-state index contributed by atoms with van der Waals surface area (Å²) < 4.78 is 11.0. The van der Waals surface area contributed by atoms with Crippen molar-refractivity contribution in [2.24, 2.45) is 0 Å². The van der Waals surface area contributed by atoms with Gasteiger partial charge in [0.2, 0.25) is 11.0 Å². The van der Waals surface area contributed by atoms with E-state index in [0.717, 1.165) is 25.7 Å². The zero-order chi connectivity index (χ0) is 22.2. The number of carbonyl (C=O) groups excluding carboxylic acids is 1. The second-order valence-electron chi connectivity index (χ2n) is 6.44. The quantitative estimate of drug-likeness (QED) is 0.270. The van der Waals surface area contributed by atoms with Gasteiger partial charge in [-0.05, 0) is 25.1 Å². The number of nitrogens with zero attached hydrogens (tertiary/aromatic N) is 3. The fourth-order valence-corrected chi connectivity index (χ4v) is 4.49. The van der Waals surface area contributed by atoms with E-state index in [4.69, 9.17) is 9.47 Å². The van der Waals surface area contributed by atoms with E-state index in [1.165, 1.54) is 30.2 Å². The molecule has 0 aliphatic heterocycles. The van der Waals surface area contributed by atoms with Crippen molar-refractivity contribution in [1.29, 1.82) is 0 Å². The standard InChI is InChI=1S/C22H22N4O3S2/c1-14(11-16(29-4)13-15(2)28-3)12-20(27)24-21-25-26-22(31-21)30-19-9-10-23-18-8-6-5-7-17(18)19/h5-11,13H,2,12H2,1,3-4H3,(H,24,25,27)/b14-11+,16-13+. The molecule has 0 unspecified atom stereocenters. The maximum absolute atomic E-state index is 12.4. The summed E-state index contributed by atoms with van der Waals surface area (Å²) in [7, 11) is 3.08. The highest BCUT2D eigenvalue weighted by molar-refractivity contribution is 8.01. The lowest BCUT2D eigenvalue weighted by Gasteiger charge is -2.05. The van der Waals surface area contributed by atoms with Crippen molar-refractivity contribution in [2.45, 2.75) is 22.6 Å². The average Bonchev–Trinajstić information content (AvgIpc) is 3.19. The van der Waals surface area contributed by atoms with Crippen LogP contribution in [0.4, 0.5) is 5.13 Å². The molecule has 0 bridgehead atoms. The molecular weight excluding hydrogens is 432 g/mol. The second-order valence-corrected chi connectivity index (χ2v) is 8.70. The monoisotopic (exact) mass is 454 g/mol. The Bertz CT molecular complexity index is 1150. The normalized spacial score (nSPS) is 12.0. The molecule has 2 aromatic heterocycles. The van der Waals surface area contributed by atoms with Crippen molar-refractivity contribution in [3.8, 4) is 0 Å². The molecule has 0 aliphatic rings. The van der Waals surface area contributed by atoms with Gasteiger partial charge in [-0.1, -0.05) is 53.4 Å². The molecule has 9 heteroatoms. The molecule has 0 saturated carbocycles. The van der Waals surface area contributed by atoms with E-state index in [2.05, 4.69) is 27.1 Å². The predicted molar refractivity (Wildman–Crippen MR) is 124 cm³/mol. The summed E-state index contributed by atoms with van der Waals surface area (Å²) >= 11 is 2.82. The van der Waals surface area contributed by atoms with Gasteiger partial charge in [0.25, 0.3) is 0 Å². The van der Waals surface area contributed by atoms with Crippen LogP contribution < -0.4 is 5.32 Å². The van der Waals surface area contributed by atoms with Gasteiger partial charge in [-0.2, -0.15) is 0 Å². The van der Waals surface area contributed by atoms with E-state index in [1.54, 1.807) is 25.5 Å². The van der Waals surface area contributed by atoms with Gasteiger partial charge in [0.1, 0.15) is 11.5 Å². The lowest BCUT2D eigenvalue weighted by atomic mass is 10.2. The minimum Gasteiger partial charge on any atom is -0.497 e. The summed E-state index contributed by atoms with van der Waals surface area (Å²) in [6.07, 6.45) is 5.38. The lowest BCUT2D eigenvalue weighted by Crippen LogP contribution is -2.11. The van der Waals surface area contributed by atoms with Crippen LogP contribution in [0.2, 0.25) is 0 Å². The van der Waals surface area contributed by atoms with Crippen LogP contribution in [0.15, 0.2) is 81.6 Å². The largest absolute Gasteiger partial charge is 0.497 e. The molecule has 3 aromatic rings. The molecule has 0 spiro atoms. The third-order valence-electron chi connectivity index (χ3n) is 4.09. The van der Waals surface area contributed by atoms with Crippen molar-refractivity contribution in [3.05, 3.63) is 72.4 Å². The molecule has 0 fully saturated rings. The third-order valence-corrected chi connectivity index (χ3v) is 6.05. The van der Waals surface area contributed by atoms with Crippen molar-refractivity contribution in [1.82, 2.24) is 15.2 Å². The van der Waals surface area contributed by atoms with Crippen LogP contribution in [-0.2, 0) is 14.3 Å². The highest BCUT2D eigenvalue weighted by Crippen LogP contribution is 2.35. The summed E-state index contributed by atoms with van der Waals surface area (Å²) in [4.78, 5) is 17.8. The van der Waals surface area contributed by atoms with Crippen molar-refractivity contribution >= 4 is 45.0 Å². The molecule has 1 aromatic carbocycles. The summed E-state index contributed by atoms with van der Waals surface area (Å²) in [6.45, 7) is 5.57. The molecule has 1 amide bonds. The van der Waals surface area contributed by atoms with Crippen LogP contribution in [0, 0.1) is 0 Å². The molecular formula is C22H22N4O3S2. The average molecular weight is 455 g/mol. The predicted octanol–water partition coefficient (Wildman–Crippen LogP) is 5.20. The number of benzene rings is 1. The Morgan fingerprint density at radius 1 is 1.19 bits per heavy atom. The number of amides is 1. The van der Waals surface area contributed by atoms with Gasteiger partial charge >= 0.3 is 0 Å². The summed E-state index contributed by atoms with van der Waals surface area (Å²) in [5.74, 6) is 0.833. The first kappa shape index (κ1) is 22.5. The number of nitrogens with one attached hydrogen (secondary N) is 1. The maximum atomic E-state index is 12.4. The number of ether oxygens (including phenoxy) is 2. The summed E-state index contributed by atoms with van der Waals surface area (Å²) in [6, 6.07) is 9.87. The van der Waals surface area contributed by atoms with Gasteiger partial charge in [-0.15, -0.1) is 10.2 Å². The van der Waals surface area contributed by atoms with Gasteiger partial charge < -0.3 is 14.8 Å².